The van der Waals surface area contributed by atoms with E-state index in [1.54, 1.807) is 34.1 Å². The van der Waals surface area contributed by atoms with Crippen molar-refractivity contribution in [2.75, 3.05) is 13.2 Å². The maximum Gasteiger partial charge on any atom is 0.259 e. The number of hydrogen-bond donors (Lipinski definition) is 0. The summed E-state index contributed by atoms with van der Waals surface area (Å²) in [5.74, 6) is 1.32. The van der Waals surface area contributed by atoms with Gasteiger partial charge in [-0.1, -0.05) is 148 Å². The van der Waals surface area contributed by atoms with Crippen molar-refractivity contribution in [2.45, 2.75) is 76.3 Å². The molecule has 8 heteroatoms. The third-order valence-corrected chi connectivity index (χ3v) is 12.3. The number of benzene rings is 6. The third kappa shape index (κ3) is 11.0. The summed E-state index contributed by atoms with van der Waals surface area (Å²) in [6, 6.07) is 53.7. The number of fused-ring (bicyclic) bond motifs is 2. The van der Waals surface area contributed by atoms with Crippen LogP contribution < -0.4 is 9.47 Å². The van der Waals surface area contributed by atoms with Crippen molar-refractivity contribution in [1.29, 1.82) is 10.5 Å². The van der Waals surface area contributed by atoms with Crippen LogP contribution in [0.4, 0.5) is 0 Å². The van der Waals surface area contributed by atoms with Gasteiger partial charge in [0.15, 0.2) is 0 Å². The Hall–Kier alpha value is -7.68. The Bertz CT molecular complexity index is 2540. The van der Waals surface area contributed by atoms with Gasteiger partial charge in [-0.25, -0.2) is 0 Å². The summed E-state index contributed by atoms with van der Waals surface area (Å²) < 4.78 is 12.2. The fraction of sp³-hybridized carbons (Fsp3) is 0.241. The van der Waals surface area contributed by atoms with Crippen LogP contribution in [-0.2, 0) is 12.8 Å². The predicted octanol–water partition coefficient (Wildman–Crippen LogP) is 12.9. The standard InChI is InChI=1S/C58H54N4O4/c59-39-55-53-25-15-13-23-51(53)47(41-61(55)57(63)45-19-9-7-10-20-45)37-43-27-31-49(32-28-43)65-35-17-5-3-1-2-4-6-18-36-66-50-33-29-44(30-34-50)38-48-42-62(58(64)46-21-11-8-12-22-46)56(40-60)54-26-16-14-24-52(48)54/h7-16,19-34,41-42,55-56H,1-6,17-18,35-38H2. The van der Waals surface area contributed by atoms with Crippen LogP contribution in [0.15, 0.2) is 170 Å². The van der Waals surface area contributed by atoms with Crippen LogP contribution in [0.25, 0.3) is 11.1 Å². The van der Waals surface area contributed by atoms with Gasteiger partial charge in [0.2, 0.25) is 0 Å². The second-order valence-corrected chi connectivity index (χ2v) is 16.9. The van der Waals surface area contributed by atoms with E-state index in [1.807, 2.05) is 122 Å². The zero-order valence-corrected chi connectivity index (χ0v) is 37.2. The lowest BCUT2D eigenvalue weighted by Gasteiger charge is -2.32. The van der Waals surface area contributed by atoms with Gasteiger partial charge >= 0.3 is 0 Å². The number of carbonyl (C=O) groups is 2. The molecule has 330 valence electrons. The van der Waals surface area contributed by atoms with Gasteiger partial charge in [-0.3, -0.25) is 19.4 Å². The second kappa shape index (κ2) is 22.3. The van der Waals surface area contributed by atoms with E-state index in [0.717, 1.165) is 81.7 Å². The SMILES string of the molecule is N#CC1c2ccccc2C(Cc2ccc(OCCCCCCCCCCOc3ccc(CC4=CN(C(=O)c5ccccc5)C(C#N)c5ccccc54)cc3)cc2)=CN1C(=O)c1ccccc1. The summed E-state index contributed by atoms with van der Waals surface area (Å²) in [5, 5.41) is 20.2. The minimum Gasteiger partial charge on any atom is -0.494 e. The van der Waals surface area contributed by atoms with E-state index in [0.29, 0.717) is 37.2 Å². The van der Waals surface area contributed by atoms with E-state index in [1.165, 1.54) is 25.7 Å². The highest BCUT2D eigenvalue weighted by Crippen LogP contribution is 2.39. The summed E-state index contributed by atoms with van der Waals surface area (Å²) in [6.45, 7) is 1.37. The van der Waals surface area contributed by atoms with Gasteiger partial charge in [0, 0.05) is 23.5 Å². The van der Waals surface area contributed by atoms with E-state index in [9.17, 15) is 20.1 Å². The van der Waals surface area contributed by atoms with E-state index >= 15 is 0 Å². The fourth-order valence-corrected chi connectivity index (χ4v) is 8.83. The highest BCUT2D eigenvalue weighted by Gasteiger charge is 2.33. The Kier molecular flexibility index (Phi) is 15.2. The average Bonchev–Trinajstić information content (AvgIpc) is 3.37. The molecular weight excluding hydrogens is 817 g/mol. The monoisotopic (exact) mass is 870 g/mol. The molecule has 6 aromatic rings. The molecule has 8 nitrogen and oxygen atoms in total. The second-order valence-electron chi connectivity index (χ2n) is 16.9. The van der Waals surface area contributed by atoms with Crippen molar-refractivity contribution in [3.63, 3.8) is 0 Å². The third-order valence-electron chi connectivity index (χ3n) is 12.3. The molecule has 0 aromatic heterocycles. The molecule has 2 heterocycles. The van der Waals surface area contributed by atoms with E-state index in [-0.39, 0.29) is 11.8 Å². The molecule has 2 unspecified atom stereocenters. The zero-order chi connectivity index (χ0) is 45.5. The minimum absolute atomic E-state index is 0.192. The fourth-order valence-electron chi connectivity index (χ4n) is 8.83. The van der Waals surface area contributed by atoms with E-state index < -0.39 is 12.1 Å². The normalized spacial score (nSPS) is 15.0. The quantitative estimate of drug-likeness (QED) is 0.0750. The molecule has 0 saturated carbocycles. The summed E-state index contributed by atoms with van der Waals surface area (Å²) in [7, 11) is 0. The molecule has 0 radical (unpaired) electrons. The van der Waals surface area contributed by atoms with Crippen LogP contribution in [0.2, 0.25) is 0 Å². The smallest absolute Gasteiger partial charge is 0.259 e. The number of nitriles is 2. The molecule has 0 bridgehead atoms. The number of unbranched alkanes of at least 4 members (excludes halogenated alkanes) is 7. The average molecular weight is 871 g/mol. The van der Waals surface area contributed by atoms with Crippen LogP contribution in [0, 0.1) is 22.7 Å². The molecule has 66 heavy (non-hydrogen) atoms. The minimum atomic E-state index is -0.689. The highest BCUT2D eigenvalue weighted by atomic mass is 16.5. The lowest BCUT2D eigenvalue weighted by atomic mass is 9.88. The Morgan fingerprint density at radius 3 is 1.17 bits per heavy atom. The lowest BCUT2D eigenvalue weighted by Crippen LogP contribution is -2.33. The van der Waals surface area contributed by atoms with Gasteiger partial charge in [0.25, 0.3) is 11.8 Å². The number of nitrogens with zero attached hydrogens (tertiary/aromatic N) is 4. The first-order valence-electron chi connectivity index (χ1n) is 23.1. The van der Waals surface area contributed by atoms with Crippen LogP contribution in [0.5, 0.6) is 11.5 Å². The van der Waals surface area contributed by atoms with Crippen LogP contribution in [-0.4, -0.2) is 34.8 Å². The first-order chi connectivity index (χ1) is 32.5. The van der Waals surface area contributed by atoms with Crippen molar-refractivity contribution in [2.24, 2.45) is 0 Å². The van der Waals surface area contributed by atoms with Crippen molar-refractivity contribution < 1.29 is 19.1 Å². The number of ether oxygens (including phenoxy) is 2. The summed E-state index contributed by atoms with van der Waals surface area (Å²) >= 11 is 0. The first kappa shape index (κ1) is 44.9. The van der Waals surface area contributed by atoms with Crippen molar-refractivity contribution >= 4 is 23.0 Å². The van der Waals surface area contributed by atoms with Crippen LogP contribution >= 0.6 is 0 Å². The van der Waals surface area contributed by atoms with Crippen LogP contribution in [0.1, 0.15) is 118 Å². The molecule has 2 aliphatic rings. The topological polar surface area (TPSA) is 107 Å². The lowest BCUT2D eigenvalue weighted by molar-refractivity contribution is 0.0785. The summed E-state index contributed by atoms with van der Waals surface area (Å²) in [4.78, 5) is 30.2. The number of rotatable bonds is 19. The molecule has 6 aromatic carbocycles. The number of carbonyl (C=O) groups excluding carboxylic acids is 2. The van der Waals surface area contributed by atoms with Crippen LogP contribution in [0.3, 0.4) is 0 Å². The Balaban J connectivity index is 0.710. The Morgan fingerprint density at radius 2 is 0.788 bits per heavy atom. The van der Waals surface area contributed by atoms with Crippen molar-refractivity contribution in [1.82, 2.24) is 9.80 Å². The number of allylic oxidation sites excluding steroid dienone is 2. The van der Waals surface area contributed by atoms with Crippen molar-refractivity contribution in [3.05, 3.63) is 215 Å². The van der Waals surface area contributed by atoms with Gasteiger partial charge in [0.05, 0.1) is 25.4 Å². The molecule has 2 amide bonds. The largest absolute Gasteiger partial charge is 0.494 e. The van der Waals surface area contributed by atoms with Gasteiger partial charge in [0.1, 0.15) is 23.6 Å². The van der Waals surface area contributed by atoms with Gasteiger partial charge < -0.3 is 9.47 Å². The maximum atomic E-state index is 13.5. The highest BCUT2D eigenvalue weighted by molar-refractivity contribution is 5.98. The maximum absolute atomic E-state index is 13.5. The van der Waals surface area contributed by atoms with Crippen molar-refractivity contribution in [3.8, 4) is 23.6 Å². The molecule has 8 rings (SSSR count). The summed E-state index contributed by atoms with van der Waals surface area (Å²) in [5.41, 5.74) is 8.98. The van der Waals surface area contributed by atoms with Gasteiger partial charge in [-0.15, -0.1) is 0 Å². The predicted molar refractivity (Wildman–Crippen MR) is 259 cm³/mol. The molecule has 2 atom stereocenters. The number of amides is 2. The number of hydrogen-bond acceptors (Lipinski definition) is 6. The first-order valence-corrected chi connectivity index (χ1v) is 23.1. The summed E-state index contributed by atoms with van der Waals surface area (Å²) in [6.07, 6.45) is 14.1. The van der Waals surface area contributed by atoms with E-state index in [2.05, 4.69) is 36.4 Å². The van der Waals surface area contributed by atoms with E-state index in [4.69, 9.17) is 9.47 Å². The van der Waals surface area contributed by atoms with Gasteiger partial charge in [-0.05, 0) is 119 Å². The molecule has 0 fully saturated rings. The molecule has 0 aliphatic carbocycles. The Labute approximate surface area is 388 Å². The molecular formula is C58H54N4O4. The molecule has 2 aliphatic heterocycles. The molecule has 0 N–H and O–H groups in total. The van der Waals surface area contributed by atoms with Gasteiger partial charge in [-0.2, -0.15) is 10.5 Å². The Morgan fingerprint density at radius 1 is 0.439 bits per heavy atom. The molecule has 0 saturated heterocycles. The molecule has 0 spiro atoms. The zero-order valence-electron chi connectivity index (χ0n) is 37.2.